The maximum Gasteiger partial charge on any atom is 0.321 e. The van der Waals surface area contributed by atoms with Crippen LogP contribution in [0, 0.1) is 6.92 Å². The lowest BCUT2D eigenvalue weighted by Crippen LogP contribution is -2.41. The molecular formula is C13H16N4O5S. The molecule has 0 spiro atoms. The molecule has 2 aromatic heterocycles. The van der Waals surface area contributed by atoms with E-state index in [2.05, 4.69) is 14.8 Å². The third-order valence-electron chi connectivity index (χ3n) is 3.13. The van der Waals surface area contributed by atoms with Gasteiger partial charge in [0.15, 0.2) is 5.82 Å². The molecule has 0 bridgehead atoms. The van der Waals surface area contributed by atoms with Crippen molar-refractivity contribution in [1.82, 2.24) is 19.5 Å². The average Bonchev–Trinajstić information content (AvgIpc) is 2.90. The number of hydrogen-bond donors (Lipinski definition) is 3. The van der Waals surface area contributed by atoms with Crippen molar-refractivity contribution in [3.05, 3.63) is 36.3 Å². The molecule has 1 atom stereocenters. The quantitative estimate of drug-likeness (QED) is 0.629. The molecule has 0 aliphatic rings. The van der Waals surface area contributed by atoms with Gasteiger partial charge in [-0.3, -0.25) is 4.79 Å². The van der Waals surface area contributed by atoms with Gasteiger partial charge in [-0.05, 0) is 25.5 Å². The highest BCUT2D eigenvalue weighted by Gasteiger charge is 2.28. The van der Waals surface area contributed by atoms with Crippen LogP contribution in [0.2, 0.25) is 0 Å². The van der Waals surface area contributed by atoms with Crippen molar-refractivity contribution in [2.45, 2.75) is 24.3 Å². The Bertz CT molecular complexity index is 788. The summed E-state index contributed by atoms with van der Waals surface area (Å²) in [7, 11) is -4.10. The highest BCUT2D eigenvalue weighted by Crippen LogP contribution is 2.17. The van der Waals surface area contributed by atoms with E-state index in [0.29, 0.717) is 11.5 Å². The minimum atomic E-state index is -4.10. The lowest BCUT2D eigenvalue weighted by Gasteiger charge is -2.13. The molecule has 0 amide bonds. The van der Waals surface area contributed by atoms with E-state index >= 15 is 0 Å². The standard InChI is InChI=1S/C13H16N4O5S/c1-9-11(8-15-17(9)12-4-2-3-6-14-12)23(21,22)16-10(5-7-18)13(19)20/h2-4,6,8,10,16,18H,5,7H2,1H3,(H,19,20)/t10-/m1/s1. The van der Waals surface area contributed by atoms with Crippen LogP contribution in [0.4, 0.5) is 0 Å². The summed E-state index contributed by atoms with van der Waals surface area (Å²) >= 11 is 0. The second-order valence-corrected chi connectivity index (χ2v) is 6.40. The Kier molecular flexibility index (Phi) is 5.08. The van der Waals surface area contributed by atoms with E-state index < -0.39 is 28.6 Å². The fourth-order valence-corrected chi connectivity index (χ4v) is 3.36. The van der Waals surface area contributed by atoms with Gasteiger partial charge in [0.1, 0.15) is 10.9 Å². The summed E-state index contributed by atoms with van der Waals surface area (Å²) in [6.07, 6.45) is 2.44. The number of carboxylic acid groups (broad SMARTS) is 1. The van der Waals surface area contributed by atoms with Crippen LogP contribution in [-0.4, -0.2) is 52.0 Å². The summed E-state index contributed by atoms with van der Waals surface area (Å²) in [4.78, 5) is 15.0. The molecule has 0 aliphatic carbocycles. The highest BCUT2D eigenvalue weighted by atomic mass is 32.2. The lowest BCUT2D eigenvalue weighted by molar-refractivity contribution is -0.139. The van der Waals surface area contributed by atoms with E-state index in [0.717, 1.165) is 6.20 Å². The number of nitrogens with one attached hydrogen (secondary N) is 1. The van der Waals surface area contributed by atoms with Crippen LogP contribution >= 0.6 is 0 Å². The summed E-state index contributed by atoms with van der Waals surface area (Å²) in [6, 6.07) is 3.70. The molecule has 0 aromatic carbocycles. The van der Waals surface area contributed by atoms with Gasteiger partial charge in [0, 0.05) is 12.8 Å². The Morgan fingerprint density at radius 2 is 2.17 bits per heavy atom. The average molecular weight is 340 g/mol. The normalized spacial score (nSPS) is 13.0. The van der Waals surface area contributed by atoms with Crippen molar-refractivity contribution in [3.63, 3.8) is 0 Å². The smallest absolute Gasteiger partial charge is 0.321 e. The molecule has 0 aliphatic heterocycles. The van der Waals surface area contributed by atoms with Gasteiger partial charge in [-0.1, -0.05) is 6.07 Å². The maximum atomic E-state index is 12.4. The Morgan fingerprint density at radius 3 is 2.74 bits per heavy atom. The van der Waals surface area contributed by atoms with Crippen LogP contribution < -0.4 is 4.72 Å². The Morgan fingerprint density at radius 1 is 1.43 bits per heavy atom. The number of aliphatic hydroxyl groups excluding tert-OH is 1. The molecule has 0 fully saturated rings. The number of nitrogens with zero attached hydrogens (tertiary/aromatic N) is 3. The van der Waals surface area contributed by atoms with Gasteiger partial charge in [0.2, 0.25) is 10.0 Å². The van der Waals surface area contributed by atoms with Crippen molar-refractivity contribution >= 4 is 16.0 Å². The van der Waals surface area contributed by atoms with E-state index in [9.17, 15) is 13.2 Å². The molecule has 0 unspecified atom stereocenters. The number of aliphatic carboxylic acids is 1. The van der Waals surface area contributed by atoms with Gasteiger partial charge in [0.25, 0.3) is 0 Å². The number of hydrogen-bond acceptors (Lipinski definition) is 6. The molecule has 2 aromatic rings. The SMILES string of the molecule is Cc1c(S(=O)(=O)N[C@H](CCO)C(=O)O)cnn1-c1ccccn1. The Labute approximate surface area is 132 Å². The molecular weight excluding hydrogens is 324 g/mol. The van der Waals surface area contributed by atoms with E-state index in [4.69, 9.17) is 10.2 Å². The summed E-state index contributed by atoms with van der Waals surface area (Å²) in [5, 5.41) is 21.8. The Hall–Kier alpha value is -2.30. The Balaban J connectivity index is 2.34. The number of aromatic nitrogens is 3. The summed E-state index contributed by atoms with van der Waals surface area (Å²) < 4.78 is 28.1. The lowest BCUT2D eigenvalue weighted by atomic mass is 10.2. The molecule has 9 nitrogen and oxygen atoms in total. The largest absolute Gasteiger partial charge is 0.480 e. The van der Waals surface area contributed by atoms with Crippen LogP contribution in [0.15, 0.2) is 35.5 Å². The van der Waals surface area contributed by atoms with E-state index in [1.54, 1.807) is 24.4 Å². The van der Waals surface area contributed by atoms with Gasteiger partial charge in [0.05, 0.1) is 11.9 Å². The van der Waals surface area contributed by atoms with Gasteiger partial charge in [-0.15, -0.1) is 0 Å². The first-order valence-corrected chi connectivity index (χ1v) is 8.17. The topological polar surface area (TPSA) is 134 Å². The van der Waals surface area contributed by atoms with E-state index in [1.165, 1.54) is 11.6 Å². The van der Waals surface area contributed by atoms with Crippen molar-refractivity contribution in [2.24, 2.45) is 0 Å². The summed E-state index contributed by atoms with van der Waals surface area (Å²) in [6.45, 7) is 1.09. The summed E-state index contributed by atoms with van der Waals surface area (Å²) in [5.41, 5.74) is 0.296. The van der Waals surface area contributed by atoms with Crippen molar-refractivity contribution in [2.75, 3.05) is 6.61 Å². The van der Waals surface area contributed by atoms with Crippen LogP contribution in [-0.2, 0) is 14.8 Å². The predicted octanol–water partition coefficient (Wildman–Crippen LogP) is -0.310. The molecule has 3 N–H and O–H groups in total. The number of carbonyl (C=O) groups is 1. The van der Waals surface area contributed by atoms with Crippen LogP contribution in [0.1, 0.15) is 12.1 Å². The number of pyridine rings is 1. The highest BCUT2D eigenvalue weighted by molar-refractivity contribution is 7.89. The number of rotatable bonds is 7. The third kappa shape index (κ3) is 3.73. The molecule has 2 heterocycles. The molecule has 0 saturated heterocycles. The first-order chi connectivity index (χ1) is 10.9. The second-order valence-electron chi connectivity index (χ2n) is 4.72. The zero-order valence-electron chi connectivity index (χ0n) is 12.2. The van der Waals surface area contributed by atoms with Crippen molar-refractivity contribution in [3.8, 4) is 5.82 Å². The van der Waals surface area contributed by atoms with Crippen molar-refractivity contribution in [1.29, 1.82) is 0 Å². The van der Waals surface area contributed by atoms with Gasteiger partial charge in [-0.2, -0.15) is 9.82 Å². The first-order valence-electron chi connectivity index (χ1n) is 6.69. The fraction of sp³-hybridized carbons (Fsp3) is 0.308. The molecule has 2 rings (SSSR count). The second kappa shape index (κ2) is 6.86. The fourth-order valence-electron chi connectivity index (χ4n) is 1.98. The molecule has 124 valence electrons. The maximum absolute atomic E-state index is 12.4. The zero-order valence-corrected chi connectivity index (χ0v) is 13.1. The van der Waals surface area contributed by atoms with Gasteiger partial charge in [-0.25, -0.2) is 18.1 Å². The van der Waals surface area contributed by atoms with E-state index in [1.807, 2.05) is 0 Å². The molecule has 23 heavy (non-hydrogen) atoms. The number of aliphatic hydroxyl groups is 1. The van der Waals surface area contributed by atoms with Crippen molar-refractivity contribution < 1.29 is 23.4 Å². The minimum Gasteiger partial charge on any atom is -0.480 e. The predicted molar refractivity (Wildman–Crippen MR) is 79.5 cm³/mol. The van der Waals surface area contributed by atoms with Crippen LogP contribution in [0.5, 0.6) is 0 Å². The minimum absolute atomic E-state index is 0.146. The monoisotopic (exact) mass is 340 g/mol. The van der Waals surface area contributed by atoms with Crippen LogP contribution in [0.3, 0.4) is 0 Å². The van der Waals surface area contributed by atoms with Crippen LogP contribution in [0.25, 0.3) is 5.82 Å². The molecule has 0 saturated carbocycles. The first kappa shape index (κ1) is 17.1. The number of carboxylic acids is 1. The summed E-state index contributed by atoms with van der Waals surface area (Å²) in [5.74, 6) is -0.922. The van der Waals surface area contributed by atoms with E-state index in [-0.39, 0.29) is 11.3 Å². The molecule has 10 heteroatoms. The molecule has 0 radical (unpaired) electrons. The van der Waals surface area contributed by atoms with Gasteiger partial charge >= 0.3 is 5.97 Å². The zero-order chi connectivity index (χ0) is 17.0. The third-order valence-corrected chi connectivity index (χ3v) is 4.71. The van der Waals surface area contributed by atoms with Gasteiger partial charge < -0.3 is 10.2 Å². The number of sulfonamides is 1.